The van der Waals surface area contributed by atoms with Crippen LogP contribution in [0.1, 0.15) is 6.92 Å². The van der Waals surface area contributed by atoms with Crippen LogP contribution in [0.25, 0.3) is 0 Å². The zero-order chi connectivity index (χ0) is 16.7. The Morgan fingerprint density at radius 1 is 1.13 bits per heavy atom. The van der Waals surface area contributed by atoms with E-state index in [4.69, 9.17) is 32.7 Å². The highest BCUT2D eigenvalue weighted by atomic mass is 35.5. The maximum atomic E-state index is 12.0. The molecule has 0 heterocycles. The number of amides is 1. The number of benzene rings is 2. The van der Waals surface area contributed by atoms with Gasteiger partial charge in [0, 0.05) is 5.02 Å². The molecule has 6 heteroatoms. The largest absolute Gasteiger partial charge is 0.492 e. The third kappa shape index (κ3) is 5.66. The molecule has 0 unspecified atom stereocenters. The molecule has 0 aromatic heterocycles. The topological polar surface area (TPSA) is 47.6 Å². The molecule has 2 aromatic carbocycles. The van der Waals surface area contributed by atoms with Crippen LogP contribution >= 0.6 is 23.2 Å². The Kier molecular flexibility index (Phi) is 6.56. The number of rotatable bonds is 7. The number of carbonyl (C=O) groups excluding carboxylic acids is 1. The lowest BCUT2D eigenvalue weighted by atomic mass is 10.3. The molecule has 1 atom stereocenters. The lowest BCUT2D eigenvalue weighted by Crippen LogP contribution is -2.38. The first kappa shape index (κ1) is 17.4. The molecule has 0 fully saturated rings. The van der Waals surface area contributed by atoms with Gasteiger partial charge in [0.2, 0.25) is 0 Å². The van der Waals surface area contributed by atoms with Crippen molar-refractivity contribution in [3.63, 3.8) is 0 Å². The van der Waals surface area contributed by atoms with E-state index in [9.17, 15) is 4.79 Å². The van der Waals surface area contributed by atoms with Crippen molar-refractivity contribution < 1.29 is 14.3 Å². The van der Waals surface area contributed by atoms with Crippen LogP contribution in [0.4, 0.5) is 0 Å². The summed E-state index contributed by atoms with van der Waals surface area (Å²) < 4.78 is 11.0. The van der Waals surface area contributed by atoms with Gasteiger partial charge in [0.25, 0.3) is 5.91 Å². The van der Waals surface area contributed by atoms with Gasteiger partial charge in [-0.2, -0.15) is 0 Å². The Hall–Kier alpha value is -1.91. The monoisotopic (exact) mass is 353 g/mol. The van der Waals surface area contributed by atoms with Gasteiger partial charge in [-0.15, -0.1) is 0 Å². The number of nitrogens with one attached hydrogen (secondary N) is 1. The van der Waals surface area contributed by atoms with Crippen LogP contribution in [0.2, 0.25) is 10.0 Å². The Balaban J connectivity index is 1.72. The molecular weight excluding hydrogens is 337 g/mol. The number of ether oxygens (including phenoxy) is 2. The fourth-order valence-electron chi connectivity index (χ4n) is 1.80. The van der Waals surface area contributed by atoms with Crippen molar-refractivity contribution in [2.45, 2.75) is 13.0 Å². The molecule has 2 aromatic rings. The van der Waals surface area contributed by atoms with Gasteiger partial charge in [0.05, 0.1) is 11.6 Å². The third-order valence-corrected chi connectivity index (χ3v) is 3.56. The average molecular weight is 354 g/mol. The van der Waals surface area contributed by atoms with E-state index >= 15 is 0 Å². The highest BCUT2D eigenvalue weighted by Gasteiger charge is 2.15. The van der Waals surface area contributed by atoms with E-state index in [-0.39, 0.29) is 5.91 Å². The van der Waals surface area contributed by atoms with E-state index in [1.807, 2.05) is 0 Å². The highest BCUT2D eigenvalue weighted by Crippen LogP contribution is 2.24. The smallest absolute Gasteiger partial charge is 0.260 e. The zero-order valence-electron chi connectivity index (χ0n) is 12.6. The molecule has 122 valence electrons. The molecule has 0 saturated carbocycles. The van der Waals surface area contributed by atoms with E-state index in [2.05, 4.69) is 5.32 Å². The second kappa shape index (κ2) is 8.65. The van der Waals surface area contributed by atoms with Gasteiger partial charge < -0.3 is 14.8 Å². The van der Waals surface area contributed by atoms with Crippen molar-refractivity contribution in [1.82, 2.24) is 5.32 Å². The summed E-state index contributed by atoms with van der Waals surface area (Å²) in [7, 11) is 0. The van der Waals surface area contributed by atoms with Crippen LogP contribution in [0.3, 0.4) is 0 Å². The van der Waals surface area contributed by atoms with Gasteiger partial charge in [0.15, 0.2) is 6.10 Å². The summed E-state index contributed by atoms with van der Waals surface area (Å²) in [4.78, 5) is 12.0. The van der Waals surface area contributed by atoms with Gasteiger partial charge in [-0.3, -0.25) is 4.79 Å². The lowest BCUT2D eigenvalue weighted by molar-refractivity contribution is -0.127. The summed E-state index contributed by atoms with van der Waals surface area (Å²) in [5.41, 5.74) is 0. The van der Waals surface area contributed by atoms with Crippen molar-refractivity contribution in [1.29, 1.82) is 0 Å². The predicted octanol–water partition coefficient (Wildman–Crippen LogP) is 3.96. The summed E-state index contributed by atoms with van der Waals surface area (Å²) in [5.74, 6) is 0.947. The average Bonchev–Trinajstić information content (AvgIpc) is 2.55. The molecule has 0 spiro atoms. The summed E-state index contributed by atoms with van der Waals surface area (Å²) in [6.07, 6.45) is -0.648. The first-order valence-electron chi connectivity index (χ1n) is 7.13. The molecule has 0 bridgehead atoms. The second-order valence-corrected chi connectivity index (χ2v) is 5.63. The Labute approximate surface area is 145 Å². The summed E-state index contributed by atoms with van der Waals surface area (Å²) in [6, 6.07) is 14.1. The van der Waals surface area contributed by atoms with E-state index in [1.54, 1.807) is 55.5 Å². The van der Waals surface area contributed by atoms with Crippen molar-refractivity contribution in [3.05, 3.63) is 58.6 Å². The Morgan fingerprint density at radius 2 is 1.83 bits per heavy atom. The Morgan fingerprint density at radius 3 is 2.52 bits per heavy atom. The van der Waals surface area contributed by atoms with E-state index in [1.165, 1.54) is 0 Å². The lowest BCUT2D eigenvalue weighted by Gasteiger charge is -2.15. The van der Waals surface area contributed by atoms with Crippen LogP contribution in [-0.2, 0) is 4.79 Å². The minimum absolute atomic E-state index is 0.232. The van der Waals surface area contributed by atoms with Gasteiger partial charge >= 0.3 is 0 Å². The predicted molar refractivity (Wildman–Crippen MR) is 91.5 cm³/mol. The molecule has 23 heavy (non-hydrogen) atoms. The molecular formula is C17H17Cl2NO3. The van der Waals surface area contributed by atoms with E-state index < -0.39 is 6.10 Å². The molecule has 0 saturated heterocycles. The molecule has 1 amide bonds. The minimum Gasteiger partial charge on any atom is -0.492 e. The molecule has 2 rings (SSSR count). The highest BCUT2D eigenvalue weighted by molar-refractivity contribution is 6.32. The van der Waals surface area contributed by atoms with Crippen LogP contribution in [0.15, 0.2) is 48.5 Å². The van der Waals surface area contributed by atoms with Gasteiger partial charge in [-0.1, -0.05) is 35.3 Å². The molecule has 0 radical (unpaired) electrons. The second-order valence-electron chi connectivity index (χ2n) is 4.78. The summed E-state index contributed by atoms with van der Waals surface area (Å²) >= 11 is 11.8. The van der Waals surface area contributed by atoms with Crippen molar-refractivity contribution >= 4 is 29.1 Å². The van der Waals surface area contributed by atoms with Gasteiger partial charge in [-0.25, -0.2) is 0 Å². The van der Waals surface area contributed by atoms with Crippen LogP contribution in [0.5, 0.6) is 11.5 Å². The van der Waals surface area contributed by atoms with Crippen molar-refractivity contribution in [2.24, 2.45) is 0 Å². The SMILES string of the molecule is C[C@H](Oc1ccccc1Cl)C(=O)NCCOc1ccc(Cl)cc1. The van der Waals surface area contributed by atoms with E-state index in [0.29, 0.717) is 34.7 Å². The minimum atomic E-state index is -0.648. The molecule has 1 N–H and O–H groups in total. The Bertz CT molecular complexity index is 647. The van der Waals surface area contributed by atoms with Crippen LogP contribution < -0.4 is 14.8 Å². The number of carbonyl (C=O) groups is 1. The summed E-state index contributed by atoms with van der Waals surface area (Å²) in [5, 5.41) is 3.87. The first-order chi connectivity index (χ1) is 11.1. The van der Waals surface area contributed by atoms with Gasteiger partial charge in [-0.05, 0) is 43.3 Å². The van der Waals surface area contributed by atoms with Crippen LogP contribution in [0, 0.1) is 0 Å². The van der Waals surface area contributed by atoms with Crippen LogP contribution in [-0.4, -0.2) is 25.2 Å². The fourth-order valence-corrected chi connectivity index (χ4v) is 2.11. The first-order valence-corrected chi connectivity index (χ1v) is 7.89. The number of para-hydroxylation sites is 1. The standard InChI is InChI=1S/C17H17Cl2NO3/c1-12(23-16-5-3-2-4-15(16)19)17(21)20-10-11-22-14-8-6-13(18)7-9-14/h2-9,12H,10-11H2,1H3,(H,20,21)/t12-/m0/s1. The van der Waals surface area contributed by atoms with Crippen molar-refractivity contribution in [2.75, 3.05) is 13.2 Å². The van der Waals surface area contributed by atoms with Gasteiger partial charge in [0.1, 0.15) is 18.1 Å². The van der Waals surface area contributed by atoms with Crippen molar-refractivity contribution in [3.8, 4) is 11.5 Å². The maximum absolute atomic E-state index is 12.0. The molecule has 4 nitrogen and oxygen atoms in total. The number of hydrogen-bond acceptors (Lipinski definition) is 3. The maximum Gasteiger partial charge on any atom is 0.260 e. The summed E-state index contributed by atoms with van der Waals surface area (Å²) in [6.45, 7) is 2.39. The molecule has 0 aliphatic rings. The molecule has 0 aliphatic carbocycles. The van der Waals surface area contributed by atoms with E-state index in [0.717, 1.165) is 0 Å². The normalized spacial score (nSPS) is 11.6. The third-order valence-electron chi connectivity index (χ3n) is 2.99. The molecule has 0 aliphatic heterocycles. The number of halogens is 2. The fraction of sp³-hybridized carbons (Fsp3) is 0.235. The zero-order valence-corrected chi connectivity index (χ0v) is 14.1. The quantitative estimate of drug-likeness (QED) is 0.766. The number of hydrogen-bond donors (Lipinski definition) is 1.